The molecule has 1 aromatic carbocycles. The first kappa shape index (κ1) is 16.6. The Morgan fingerprint density at radius 2 is 2.21 bits per heavy atom. The van der Waals surface area contributed by atoms with Crippen molar-refractivity contribution in [2.45, 2.75) is 25.9 Å². The number of pyridine rings is 1. The van der Waals surface area contributed by atoms with Crippen molar-refractivity contribution in [1.82, 2.24) is 15.2 Å². The molecule has 1 amide bonds. The number of hydrogen-bond acceptors (Lipinski definition) is 3. The molecule has 2 heterocycles. The maximum Gasteiger partial charge on any atom is 0.251 e. The van der Waals surface area contributed by atoms with Crippen molar-refractivity contribution in [2.24, 2.45) is 5.92 Å². The molecule has 5 heteroatoms. The molecule has 0 bridgehead atoms. The minimum atomic E-state index is -0.388. The topological polar surface area (TPSA) is 45.2 Å². The van der Waals surface area contributed by atoms with Gasteiger partial charge in [0.05, 0.1) is 5.69 Å². The van der Waals surface area contributed by atoms with E-state index in [4.69, 9.17) is 0 Å². The van der Waals surface area contributed by atoms with Crippen LogP contribution in [0.2, 0.25) is 0 Å². The smallest absolute Gasteiger partial charge is 0.251 e. The third-order valence-corrected chi connectivity index (χ3v) is 4.50. The van der Waals surface area contributed by atoms with Gasteiger partial charge in [-0.2, -0.15) is 0 Å². The number of nitrogens with zero attached hydrogens (tertiary/aromatic N) is 2. The lowest BCUT2D eigenvalue weighted by atomic mass is 9.93. The SMILES string of the molecule is C[C@@H]1CN(Cc2ccccn2)CC[C@H]1NC(=O)c1cccc(F)c1. The summed E-state index contributed by atoms with van der Waals surface area (Å²) >= 11 is 0. The molecule has 0 saturated carbocycles. The Kier molecular flexibility index (Phi) is 5.20. The molecule has 0 unspecified atom stereocenters. The van der Waals surface area contributed by atoms with Gasteiger partial charge in [-0.05, 0) is 42.7 Å². The van der Waals surface area contributed by atoms with Crippen LogP contribution in [0.5, 0.6) is 0 Å². The molecule has 126 valence electrons. The number of halogens is 1. The first-order valence-corrected chi connectivity index (χ1v) is 8.30. The number of amides is 1. The molecule has 0 radical (unpaired) electrons. The molecule has 1 N–H and O–H groups in total. The fraction of sp³-hybridized carbons (Fsp3) is 0.368. The second-order valence-corrected chi connectivity index (χ2v) is 6.41. The third-order valence-electron chi connectivity index (χ3n) is 4.50. The van der Waals surface area contributed by atoms with Crippen molar-refractivity contribution in [3.63, 3.8) is 0 Å². The summed E-state index contributed by atoms with van der Waals surface area (Å²) < 4.78 is 13.2. The van der Waals surface area contributed by atoms with Crippen molar-refractivity contribution >= 4 is 5.91 Å². The molecule has 1 aliphatic heterocycles. The number of rotatable bonds is 4. The minimum Gasteiger partial charge on any atom is -0.349 e. The van der Waals surface area contributed by atoms with Gasteiger partial charge in [-0.15, -0.1) is 0 Å². The maximum atomic E-state index is 13.2. The van der Waals surface area contributed by atoms with E-state index in [2.05, 4.69) is 22.1 Å². The average Bonchev–Trinajstić information content (AvgIpc) is 2.58. The normalized spacial score (nSPS) is 21.4. The molecule has 1 aromatic heterocycles. The van der Waals surface area contributed by atoms with Crippen LogP contribution in [0.1, 0.15) is 29.4 Å². The Labute approximate surface area is 141 Å². The molecule has 3 rings (SSSR count). The predicted octanol–water partition coefficient (Wildman–Crippen LogP) is 2.86. The molecule has 0 spiro atoms. The van der Waals surface area contributed by atoms with Crippen LogP contribution >= 0.6 is 0 Å². The maximum absolute atomic E-state index is 13.2. The van der Waals surface area contributed by atoms with Crippen molar-refractivity contribution in [2.75, 3.05) is 13.1 Å². The Hall–Kier alpha value is -2.27. The van der Waals surface area contributed by atoms with Gasteiger partial charge >= 0.3 is 0 Å². The van der Waals surface area contributed by atoms with Gasteiger partial charge in [-0.1, -0.05) is 19.1 Å². The van der Waals surface area contributed by atoms with Gasteiger partial charge in [0, 0.05) is 37.4 Å². The van der Waals surface area contributed by atoms with E-state index in [0.717, 1.165) is 31.7 Å². The molecule has 2 aromatic rings. The van der Waals surface area contributed by atoms with Crippen LogP contribution in [0.15, 0.2) is 48.7 Å². The molecule has 0 aliphatic carbocycles. The van der Waals surface area contributed by atoms with Crippen molar-refractivity contribution in [3.05, 3.63) is 65.7 Å². The van der Waals surface area contributed by atoms with Crippen LogP contribution in [-0.4, -0.2) is 34.9 Å². The number of aromatic nitrogens is 1. The van der Waals surface area contributed by atoms with Gasteiger partial charge in [0.15, 0.2) is 0 Å². The van der Waals surface area contributed by atoms with Crippen molar-refractivity contribution < 1.29 is 9.18 Å². The van der Waals surface area contributed by atoms with E-state index >= 15 is 0 Å². The zero-order chi connectivity index (χ0) is 16.9. The molecule has 24 heavy (non-hydrogen) atoms. The van der Waals surface area contributed by atoms with E-state index in [9.17, 15) is 9.18 Å². The quantitative estimate of drug-likeness (QED) is 0.939. The summed E-state index contributed by atoms with van der Waals surface area (Å²) in [5.74, 6) is -0.259. The zero-order valence-corrected chi connectivity index (χ0v) is 13.8. The largest absolute Gasteiger partial charge is 0.349 e. The first-order valence-electron chi connectivity index (χ1n) is 8.30. The van der Waals surface area contributed by atoms with E-state index in [1.165, 1.54) is 12.1 Å². The first-order chi connectivity index (χ1) is 11.6. The highest BCUT2D eigenvalue weighted by molar-refractivity contribution is 5.94. The Balaban J connectivity index is 1.55. The van der Waals surface area contributed by atoms with Crippen LogP contribution in [0.25, 0.3) is 0 Å². The van der Waals surface area contributed by atoms with Gasteiger partial charge in [-0.25, -0.2) is 4.39 Å². The summed E-state index contributed by atoms with van der Waals surface area (Å²) in [4.78, 5) is 19.0. The lowest BCUT2D eigenvalue weighted by molar-refractivity contribution is 0.0859. The van der Waals surface area contributed by atoms with Crippen LogP contribution in [0, 0.1) is 11.7 Å². The van der Waals surface area contributed by atoms with E-state index in [-0.39, 0.29) is 17.8 Å². The second kappa shape index (κ2) is 7.53. The summed E-state index contributed by atoms with van der Waals surface area (Å²) in [5, 5.41) is 3.05. The van der Waals surface area contributed by atoms with E-state index in [1.807, 2.05) is 24.4 Å². The summed E-state index contributed by atoms with van der Waals surface area (Å²) in [7, 11) is 0. The fourth-order valence-corrected chi connectivity index (χ4v) is 3.19. The summed E-state index contributed by atoms with van der Waals surface area (Å²) in [6, 6.07) is 11.9. The van der Waals surface area contributed by atoms with E-state index in [0.29, 0.717) is 11.5 Å². The van der Waals surface area contributed by atoms with Crippen molar-refractivity contribution in [1.29, 1.82) is 0 Å². The number of hydrogen-bond donors (Lipinski definition) is 1. The Morgan fingerprint density at radius 3 is 2.92 bits per heavy atom. The summed E-state index contributed by atoms with van der Waals surface area (Å²) in [6.45, 7) is 4.79. The average molecular weight is 327 g/mol. The highest BCUT2D eigenvalue weighted by atomic mass is 19.1. The number of carbonyl (C=O) groups excluding carboxylic acids is 1. The number of nitrogens with one attached hydrogen (secondary N) is 1. The van der Waals surface area contributed by atoms with Gasteiger partial charge in [0.2, 0.25) is 0 Å². The van der Waals surface area contributed by atoms with Gasteiger partial charge < -0.3 is 5.32 Å². The van der Waals surface area contributed by atoms with Crippen LogP contribution in [0.4, 0.5) is 4.39 Å². The summed E-state index contributed by atoms with van der Waals surface area (Å²) in [5.41, 5.74) is 1.44. The molecule has 1 fully saturated rings. The number of likely N-dealkylation sites (tertiary alicyclic amines) is 1. The molecular formula is C19H22FN3O. The number of carbonyl (C=O) groups is 1. The molecular weight excluding hydrogens is 305 g/mol. The third kappa shape index (κ3) is 4.17. The van der Waals surface area contributed by atoms with Crippen molar-refractivity contribution in [3.8, 4) is 0 Å². The summed E-state index contributed by atoms with van der Waals surface area (Å²) in [6.07, 6.45) is 2.69. The zero-order valence-electron chi connectivity index (χ0n) is 13.8. The molecule has 1 aliphatic rings. The lowest BCUT2D eigenvalue weighted by Gasteiger charge is -2.37. The monoisotopic (exact) mass is 327 g/mol. The number of benzene rings is 1. The van der Waals surface area contributed by atoms with E-state index < -0.39 is 0 Å². The second-order valence-electron chi connectivity index (χ2n) is 6.41. The van der Waals surface area contributed by atoms with Gasteiger partial charge in [0.25, 0.3) is 5.91 Å². The highest BCUT2D eigenvalue weighted by Crippen LogP contribution is 2.19. The Morgan fingerprint density at radius 1 is 1.33 bits per heavy atom. The van der Waals surface area contributed by atoms with E-state index in [1.54, 1.807) is 12.1 Å². The molecule has 4 nitrogen and oxygen atoms in total. The van der Waals surface area contributed by atoms with Gasteiger partial charge in [0.1, 0.15) is 5.82 Å². The van der Waals surface area contributed by atoms with Crippen LogP contribution in [-0.2, 0) is 6.54 Å². The highest BCUT2D eigenvalue weighted by Gasteiger charge is 2.27. The van der Waals surface area contributed by atoms with Crippen LogP contribution < -0.4 is 5.32 Å². The predicted molar refractivity (Wildman–Crippen MR) is 90.9 cm³/mol. The fourth-order valence-electron chi connectivity index (χ4n) is 3.19. The molecule has 1 saturated heterocycles. The van der Waals surface area contributed by atoms with Crippen LogP contribution in [0.3, 0.4) is 0 Å². The molecule has 2 atom stereocenters. The number of piperidine rings is 1. The standard InChI is InChI=1S/C19H22FN3O/c1-14-12-23(13-17-7-2-3-9-21-17)10-8-18(14)22-19(24)15-5-4-6-16(20)11-15/h2-7,9,11,14,18H,8,10,12-13H2,1H3,(H,22,24)/t14-,18-/m1/s1. The van der Waals surface area contributed by atoms with Gasteiger partial charge in [-0.3, -0.25) is 14.7 Å². The minimum absolute atomic E-state index is 0.112. The Bertz CT molecular complexity index is 692. The lowest BCUT2D eigenvalue weighted by Crippen LogP contribution is -2.49.